The summed E-state index contributed by atoms with van der Waals surface area (Å²) in [5.41, 5.74) is 2.40. The first kappa shape index (κ1) is 11.5. The molecule has 0 aliphatic rings. The van der Waals surface area contributed by atoms with Crippen LogP contribution in [0.25, 0.3) is 0 Å². The molecule has 0 saturated carbocycles. The Morgan fingerprint density at radius 2 is 2.25 bits per heavy atom. The summed E-state index contributed by atoms with van der Waals surface area (Å²) >= 11 is 7.24. The summed E-state index contributed by atoms with van der Waals surface area (Å²) in [5.74, 6) is -0.274. The molecule has 0 amide bonds. The number of thiazole rings is 1. The maximum atomic E-state index is 13.4. The number of hydrogen-bond donors (Lipinski definition) is 1. The van der Waals surface area contributed by atoms with Crippen molar-refractivity contribution in [1.82, 2.24) is 10.3 Å². The lowest BCUT2D eigenvalue weighted by atomic mass is 10.2. The zero-order chi connectivity index (χ0) is 11.4. The van der Waals surface area contributed by atoms with Crippen molar-refractivity contribution in [3.8, 4) is 0 Å². The summed E-state index contributed by atoms with van der Waals surface area (Å²) in [6.45, 7) is 1.19. The lowest BCUT2D eigenvalue weighted by Gasteiger charge is -2.04. The van der Waals surface area contributed by atoms with Crippen LogP contribution in [-0.4, -0.2) is 4.98 Å². The molecule has 0 radical (unpaired) electrons. The van der Waals surface area contributed by atoms with Crippen molar-refractivity contribution < 1.29 is 4.39 Å². The lowest BCUT2D eigenvalue weighted by Crippen LogP contribution is -2.12. The van der Waals surface area contributed by atoms with Crippen molar-refractivity contribution in [2.45, 2.75) is 13.1 Å². The Morgan fingerprint density at radius 1 is 1.38 bits per heavy atom. The highest BCUT2D eigenvalue weighted by Crippen LogP contribution is 2.14. The van der Waals surface area contributed by atoms with Gasteiger partial charge in [0.25, 0.3) is 0 Å². The Balaban J connectivity index is 1.90. The van der Waals surface area contributed by atoms with Crippen LogP contribution in [0.3, 0.4) is 0 Å². The highest BCUT2D eigenvalue weighted by molar-refractivity contribution is 7.09. The molecule has 0 unspecified atom stereocenters. The topological polar surface area (TPSA) is 24.9 Å². The molecule has 2 aromatic rings. The third-order valence-electron chi connectivity index (χ3n) is 2.11. The van der Waals surface area contributed by atoms with Gasteiger partial charge in [-0.15, -0.1) is 11.3 Å². The summed E-state index contributed by atoms with van der Waals surface area (Å²) in [5, 5.41) is 3.57. The average molecular weight is 257 g/mol. The fraction of sp³-hybridized carbons (Fsp3) is 0.182. The van der Waals surface area contributed by atoms with Gasteiger partial charge in [-0.25, -0.2) is 4.39 Å². The lowest BCUT2D eigenvalue weighted by molar-refractivity contribution is 0.589. The Hall–Kier alpha value is -0.970. The predicted molar refractivity (Wildman–Crippen MR) is 64.1 cm³/mol. The summed E-state index contributed by atoms with van der Waals surface area (Å²) in [6.07, 6.45) is 1.80. The zero-order valence-electron chi connectivity index (χ0n) is 8.41. The van der Waals surface area contributed by atoms with Crippen LogP contribution in [0.15, 0.2) is 29.9 Å². The molecule has 2 rings (SSSR count). The van der Waals surface area contributed by atoms with Crippen LogP contribution in [0.1, 0.15) is 10.4 Å². The molecule has 0 aliphatic heterocycles. The van der Waals surface area contributed by atoms with Gasteiger partial charge in [0, 0.05) is 34.7 Å². The molecule has 1 aromatic carbocycles. The van der Waals surface area contributed by atoms with E-state index in [0.717, 1.165) is 4.88 Å². The molecule has 0 aliphatic carbocycles. The van der Waals surface area contributed by atoms with Crippen LogP contribution in [0.2, 0.25) is 5.02 Å². The van der Waals surface area contributed by atoms with Crippen LogP contribution >= 0.6 is 22.9 Å². The number of hydrogen-bond acceptors (Lipinski definition) is 3. The molecular formula is C11H10ClFN2S. The average Bonchev–Trinajstić information content (AvgIpc) is 2.74. The smallest absolute Gasteiger partial charge is 0.129 e. The van der Waals surface area contributed by atoms with Crippen molar-refractivity contribution in [2.75, 3.05) is 0 Å². The van der Waals surface area contributed by atoms with Gasteiger partial charge in [0.05, 0.1) is 5.51 Å². The molecule has 2 nitrogen and oxygen atoms in total. The first-order valence-corrected chi connectivity index (χ1v) is 6.03. The molecule has 0 saturated heterocycles. The zero-order valence-corrected chi connectivity index (χ0v) is 9.98. The van der Waals surface area contributed by atoms with Gasteiger partial charge in [-0.2, -0.15) is 0 Å². The van der Waals surface area contributed by atoms with E-state index in [9.17, 15) is 4.39 Å². The van der Waals surface area contributed by atoms with E-state index >= 15 is 0 Å². The molecule has 0 fully saturated rings. The second-order valence-electron chi connectivity index (χ2n) is 3.31. The Morgan fingerprint density at radius 3 is 2.94 bits per heavy atom. The number of rotatable bonds is 4. The van der Waals surface area contributed by atoms with Crippen LogP contribution < -0.4 is 5.32 Å². The van der Waals surface area contributed by atoms with Gasteiger partial charge in [-0.05, 0) is 12.1 Å². The number of nitrogens with one attached hydrogen (secondary N) is 1. The van der Waals surface area contributed by atoms with Crippen molar-refractivity contribution in [1.29, 1.82) is 0 Å². The summed E-state index contributed by atoms with van der Waals surface area (Å²) < 4.78 is 13.4. The Kier molecular flexibility index (Phi) is 3.88. The third kappa shape index (κ3) is 3.01. The van der Waals surface area contributed by atoms with Crippen molar-refractivity contribution >= 4 is 22.9 Å². The molecule has 84 valence electrons. The number of nitrogens with zero attached hydrogens (tertiary/aromatic N) is 1. The van der Waals surface area contributed by atoms with Gasteiger partial charge in [0.1, 0.15) is 5.82 Å². The Labute approximate surface area is 102 Å². The van der Waals surface area contributed by atoms with Crippen LogP contribution in [0.4, 0.5) is 4.39 Å². The highest BCUT2D eigenvalue weighted by atomic mass is 35.5. The fourth-order valence-corrected chi connectivity index (χ4v) is 2.04. The monoisotopic (exact) mass is 256 g/mol. The van der Waals surface area contributed by atoms with E-state index in [2.05, 4.69) is 10.3 Å². The van der Waals surface area contributed by atoms with Crippen molar-refractivity contribution in [3.63, 3.8) is 0 Å². The normalized spacial score (nSPS) is 10.6. The van der Waals surface area contributed by atoms with Gasteiger partial charge in [-0.1, -0.05) is 17.7 Å². The van der Waals surface area contributed by atoms with Gasteiger partial charge in [0.2, 0.25) is 0 Å². The molecule has 1 aromatic heterocycles. The van der Waals surface area contributed by atoms with E-state index in [4.69, 9.17) is 11.6 Å². The molecule has 1 heterocycles. The van der Waals surface area contributed by atoms with Gasteiger partial charge >= 0.3 is 0 Å². The number of benzene rings is 1. The molecule has 1 N–H and O–H groups in total. The molecule has 0 spiro atoms. The molecular weight excluding hydrogens is 247 g/mol. The van der Waals surface area contributed by atoms with E-state index in [-0.39, 0.29) is 5.82 Å². The number of aromatic nitrogens is 1. The van der Waals surface area contributed by atoms with Crippen LogP contribution in [-0.2, 0) is 13.1 Å². The van der Waals surface area contributed by atoms with Crippen LogP contribution in [0.5, 0.6) is 0 Å². The standard InChI is InChI=1S/C11H10ClFN2S/c12-9-2-1-8(11(13)3-9)4-14-5-10-6-15-7-16-10/h1-3,6-7,14H,4-5H2. The van der Waals surface area contributed by atoms with E-state index in [0.29, 0.717) is 23.7 Å². The number of halogens is 2. The second kappa shape index (κ2) is 5.39. The maximum Gasteiger partial charge on any atom is 0.129 e. The van der Waals surface area contributed by atoms with Gasteiger partial charge in [0.15, 0.2) is 0 Å². The quantitative estimate of drug-likeness (QED) is 0.909. The Bertz CT molecular complexity index is 459. The molecule has 0 bridgehead atoms. The molecule has 16 heavy (non-hydrogen) atoms. The second-order valence-corrected chi connectivity index (χ2v) is 4.71. The SMILES string of the molecule is Fc1cc(Cl)ccc1CNCc1cncs1. The third-order valence-corrected chi connectivity index (χ3v) is 3.13. The van der Waals surface area contributed by atoms with Crippen molar-refractivity contribution in [3.05, 3.63) is 51.2 Å². The van der Waals surface area contributed by atoms with E-state index in [1.807, 2.05) is 0 Å². The summed E-state index contributed by atoms with van der Waals surface area (Å²) in [6, 6.07) is 4.71. The van der Waals surface area contributed by atoms with E-state index in [1.54, 1.807) is 35.2 Å². The summed E-state index contributed by atoms with van der Waals surface area (Å²) in [7, 11) is 0. The fourth-order valence-electron chi connectivity index (χ4n) is 1.31. The summed E-state index contributed by atoms with van der Waals surface area (Å²) in [4.78, 5) is 5.10. The first-order chi connectivity index (χ1) is 7.75. The first-order valence-electron chi connectivity index (χ1n) is 4.78. The van der Waals surface area contributed by atoms with Crippen LogP contribution in [0, 0.1) is 5.82 Å². The van der Waals surface area contributed by atoms with Gasteiger partial charge in [-0.3, -0.25) is 4.98 Å². The highest BCUT2D eigenvalue weighted by Gasteiger charge is 2.02. The molecule has 0 atom stereocenters. The van der Waals surface area contributed by atoms with E-state index in [1.165, 1.54) is 6.07 Å². The van der Waals surface area contributed by atoms with Crippen molar-refractivity contribution in [2.24, 2.45) is 0 Å². The minimum atomic E-state index is -0.274. The minimum Gasteiger partial charge on any atom is -0.308 e. The maximum absolute atomic E-state index is 13.4. The largest absolute Gasteiger partial charge is 0.308 e. The predicted octanol–water partition coefficient (Wildman–Crippen LogP) is 3.23. The van der Waals surface area contributed by atoms with E-state index < -0.39 is 0 Å². The molecule has 5 heteroatoms. The minimum absolute atomic E-state index is 0.274. The van der Waals surface area contributed by atoms with Gasteiger partial charge < -0.3 is 5.32 Å².